The second-order valence-corrected chi connectivity index (χ2v) is 5.88. The molecule has 24 heavy (non-hydrogen) atoms. The molecular weight excluding hydrogens is 324 g/mol. The summed E-state index contributed by atoms with van der Waals surface area (Å²) in [6.45, 7) is 0.408. The molecule has 6 heteroatoms. The predicted octanol–water partition coefficient (Wildman–Crippen LogP) is 3.98. The molecule has 0 atom stereocenters. The summed E-state index contributed by atoms with van der Waals surface area (Å²) in [6.07, 6.45) is 3.27. The zero-order valence-electron chi connectivity index (χ0n) is 13.1. The van der Waals surface area contributed by atoms with Gasteiger partial charge in [0.05, 0.1) is 12.0 Å². The van der Waals surface area contributed by atoms with Crippen molar-refractivity contribution in [2.75, 3.05) is 12.4 Å². The molecule has 0 aliphatic rings. The molecule has 0 radical (unpaired) electrons. The van der Waals surface area contributed by atoms with E-state index in [1.54, 1.807) is 31.6 Å². The van der Waals surface area contributed by atoms with E-state index in [4.69, 9.17) is 9.47 Å². The second kappa shape index (κ2) is 7.61. The fourth-order valence-corrected chi connectivity index (χ4v) is 2.83. The molecule has 1 N–H and O–H groups in total. The van der Waals surface area contributed by atoms with Crippen LogP contribution in [0.25, 0.3) is 0 Å². The summed E-state index contributed by atoms with van der Waals surface area (Å²) in [6, 6.07) is 12.7. The third kappa shape index (κ3) is 4.11. The fraction of sp³-hybridized carbons (Fsp3) is 0.111. The van der Waals surface area contributed by atoms with E-state index in [-0.39, 0.29) is 5.91 Å². The van der Waals surface area contributed by atoms with E-state index >= 15 is 0 Å². The van der Waals surface area contributed by atoms with E-state index in [2.05, 4.69) is 10.3 Å². The van der Waals surface area contributed by atoms with Crippen molar-refractivity contribution in [3.8, 4) is 11.5 Å². The van der Waals surface area contributed by atoms with Gasteiger partial charge in [0.25, 0.3) is 5.91 Å². The molecule has 122 valence electrons. The number of hydrogen-bond acceptors (Lipinski definition) is 5. The van der Waals surface area contributed by atoms with Gasteiger partial charge >= 0.3 is 0 Å². The van der Waals surface area contributed by atoms with Crippen molar-refractivity contribution in [3.63, 3.8) is 0 Å². The van der Waals surface area contributed by atoms with Gasteiger partial charge in [-0.1, -0.05) is 0 Å². The average molecular weight is 340 g/mol. The molecular formula is C18H16N2O3S. The first-order chi connectivity index (χ1) is 11.7. The molecule has 0 fully saturated rings. The number of carbonyl (C=O) groups is 1. The Kier molecular flexibility index (Phi) is 5.08. The van der Waals surface area contributed by atoms with Gasteiger partial charge in [-0.2, -0.15) is 0 Å². The quantitative estimate of drug-likeness (QED) is 0.737. The molecule has 0 saturated carbocycles. The highest BCUT2D eigenvalue weighted by molar-refractivity contribution is 7.12. The molecule has 1 amide bonds. The van der Waals surface area contributed by atoms with Crippen LogP contribution in [0.15, 0.2) is 60.2 Å². The summed E-state index contributed by atoms with van der Waals surface area (Å²) >= 11 is 1.39. The Morgan fingerprint density at radius 3 is 2.54 bits per heavy atom. The molecule has 1 aromatic carbocycles. The normalized spacial score (nSPS) is 10.2. The fourth-order valence-electron chi connectivity index (χ4n) is 2.04. The SMILES string of the molecule is COc1ccc(OCc2csc(C(=O)Nc3ccncc3)c2)cc1. The maximum Gasteiger partial charge on any atom is 0.265 e. The molecule has 5 nitrogen and oxygen atoms in total. The Morgan fingerprint density at radius 2 is 1.83 bits per heavy atom. The number of aromatic nitrogens is 1. The highest BCUT2D eigenvalue weighted by Gasteiger charge is 2.10. The number of anilines is 1. The molecule has 0 aliphatic carbocycles. The van der Waals surface area contributed by atoms with Crippen LogP contribution in [-0.4, -0.2) is 18.0 Å². The number of ether oxygens (including phenoxy) is 2. The summed E-state index contributed by atoms with van der Waals surface area (Å²) in [5.41, 5.74) is 1.68. The van der Waals surface area contributed by atoms with Crippen LogP contribution in [-0.2, 0) is 6.61 Å². The van der Waals surface area contributed by atoms with Crippen molar-refractivity contribution in [2.24, 2.45) is 0 Å². The first kappa shape index (κ1) is 16.0. The van der Waals surface area contributed by atoms with Crippen molar-refractivity contribution >= 4 is 22.9 Å². The first-order valence-corrected chi connectivity index (χ1v) is 8.18. The van der Waals surface area contributed by atoms with Gasteiger partial charge in [0.15, 0.2) is 0 Å². The van der Waals surface area contributed by atoms with E-state index in [0.29, 0.717) is 11.5 Å². The van der Waals surface area contributed by atoms with Crippen LogP contribution in [0.5, 0.6) is 11.5 Å². The summed E-state index contributed by atoms with van der Waals surface area (Å²) in [5.74, 6) is 1.40. The number of amides is 1. The number of methoxy groups -OCH3 is 1. The highest BCUT2D eigenvalue weighted by atomic mass is 32.1. The molecule has 0 unspecified atom stereocenters. The van der Waals surface area contributed by atoms with Crippen molar-refractivity contribution in [1.82, 2.24) is 4.98 Å². The Labute approximate surface area is 143 Å². The largest absolute Gasteiger partial charge is 0.497 e. The van der Waals surface area contributed by atoms with Crippen LogP contribution in [0.4, 0.5) is 5.69 Å². The third-order valence-electron chi connectivity index (χ3n) is 3.28. The summed E-state index contributed by atoms with van der Waals surface area (Å²) in [5, 5.41) is 4.76. The van der Waals surface area contributed by atoms with Crippen molar-refractivity contribution in [2.45, 2.75) is 6.61 Å². The Balaban J connectivity index is 1.57. The third-order valence-corrected chi connectivity index (χ3v) is 4.26. The minimum absolute atomic E-state index is 0.137. The number of pyridine rings is 1. The molecule has 2 aromatic heterocycles. The minimum Gasteiger partial charge on any atom is -0.497 e. The number of nitrogens with one attached hydrogen (secondary N) is 1. The number of benzene rings is 1. The molecule has 0 spiro atoms. The van der Waals surface area contributed by atoms with E-state index in [1.165, 1.54) is 11.3 Å². The van der Waals surface area contributed by atoms with Gasteiger partial charge in [0.2, 0.25) is 0 Å². The number of thiophene rings is 1. The van der Waals surface area contributed by atoms with Gasteiger partial charge < -0.3 is 14.8 Å². The minimum atomic E-state index is -0.137. The monoisotopic (exact) mass is 340 g/mol. The average Bonchev–Trinajstić information content (AvgIpc) is 3.10. The molecule has 2 heterocycles. The Morgan fingerprint density at radius 1 is 1.12 bits per heavy atom. The van der Waals surface area contributed by atoms with Gasteiger partial charge in [0, 0.05) is 23.6 Å². The van der Waals surface area contributed by atoms with Gasteiger partial charge in [-0.05, 0) is 47.8 Å². The van der Waals surface area contributed by atoms with Gasteiger partial charge in [0.1, 0.15) is 18.1 Å². The Bertz CT molecular complexity index is 801. The van der Waals surface area contributed by atoms with Crippen LogP contribution < -0.4 is 14.8 Å². The van der Waals surface area contributed by atoms with Crippen molar-refractivity contribution < 1.29 is 14.3 Å². The van der Waals surface area contributed by atoms with E-state index in [9.17, 15) is 4.79 Å². The van der Waals surface area contributed by atoms with E-state index < -0.39 is 0 Å². The summed E-state index contributed by atoms with van der Waals surface area (Å²) < 4.78 is 10.8. The lowest BCUT2D eigenvalue weighted by Crippen LogP contribution is -2.10. The second-order valence-electron chi connectivity index (χ2n) is 4.97. The van der Waals surface area contributed by atoms with Crippen LogP contribution in [0.3, 0.4) is 0 Å². The molecule has 0 aliphatic heterocycles. The van der Waals surface area contributed by atoms with Crippen LogP contribution in [0.1, 0.15) is 15.2 Å². The standard InChI is InChI=1S/C18H16N2O3S/c1-22-15-2-4-16(5-3-15)23-11-13-10-17(24-12-13)18(21)20-14-6-8-19-9-7-14/h2-10,12H,11H2,1H3,(H,19,20,21). The van der Waals surface area contributed by atoms with Crippen LogP contribution in [0.2, 0.25) is 0 Å². The highest BCUT2D eigenvalue weighted by Crippen LogP contribution is 2.21. The van der Waals surface area contributed by atoms with E-state index in [1.807, 2.05) is 35.7 Å². The van der Waals surface area contributed by atoms with Crippen LogP contribution in [0, 0.1) is 0 Å². The number of rotatable bonds is 6. The lowest BCUT2D eigenvalue weighted by Gasteiger charge is -2.05. The molecule has 3 aromatic rings. The lowest BCUT2D eigenvalue weighted by molar-refractivity contribution is 0.103. The zero-order chi connectivity index (χ0) is 16.8. The number of hydrogen-bond donors (Lipinski definition) is 1. The zero-order valence-corrected chi connectivity index (χ0v) is 13.9. The maximum atomic E-state index is 12.2. The topological polar surface area (TPSA) is 60.5 Å². The van der Waals surface area contributed by atoms with Gasteiger partial charge in [-0.15, -0.1) is 11.3 Å². The summed E-state index contributed by atoms with van der Waals surface area (Å²) in [7, 11) is 1.62. The maximum absolute atomic E-state index is 12.2. The van der Waals surface area contributed by atoms with E-state index in [0.717, 1.165) is 22.7 Å². The van der Waals surface area contributed by atoms with Crippen LogP contribution >= 0.6 is 11.3 Å². The smallest absolute Gasteiger partial charge is 0.265 e. The number of carbonyl (C=O) groups excluding carboxylic acids is 1. The van der Waals surface area contributed by atoms with Crippen molar-refractivity contribution in [3.05, 3.63) is 70.7 Å². The van der Waals surface area contributed by atoms with Crippen molar-refractivity contribution in [1.29, 1.82) is 0 Å². The molecule has 3 rings (SSSR count). The predicted molar refractivity (Wildman–Crippen MR) is 93.8 cm³/mol. The Hall–Kier alpha value is -2.86. The number of nitrogens with zero attached hydrogens (tertiary/aromatic N) is 1. The van der Waals surface area contributed by atoms with Gasteiger partial charge in [-0.3, -0.25) is 9.78 Å². The van der Waals surface area contributed by atoms with Gasteiger partial charge in [-0.25, -0.2) is 0 Å². The molecule has 0 saturated heterocycles. The summed E-state index contributed by atoms with van der Waals surface area (Å²) in [4.78, 5) is 16.8. The molecule has 0 bridgehead atoms. The lowest BCUT2D eigenvalue weighted by atomic mass is 10.3. The first-order valence-electron chi connectivity index (χ1n) is 7.30.